The zero-order valence-electron chi connectivity index (χ0n) is 11.0. The molecule has 0 spiro atoms. The van der Waals surface area contributed by atoms with Gasteiger partial charge in [0.25, 0.3) is 5.91 Å². The van der Waals surface area contributed by atoms with Crippen molar-refractivity contribution < 1.29 is 9.53 Å². The van der Waals surface area contributed by atoms with Gasteiger partial charge in [-0.05, 0) is 6.92 Å². The van der Waals surface area contributed by atoms with Gasteiger partial charge in [-0.3, -0.25) is 4.79 Å². The molecule has 0 saturated carbocycles. The SMILES string of the molecule is CCOC(=NC(=O)C(C)(C)C)C(C)(C)C. The maximum Gasteiger partial charge on any atom is 0.254 e. The van der Waals surface area contributed by atoms with Crippen molar-refractivity contribution in [1.82, 2.24) is 0 Å². The first-order chi connectivity index (χ1) is 6.59. The predicted octanol–water partition coefficient (Wildman–Crippen LogP) is 3.04. The van der Waals surface area contributed by atoms with E-state index in [4.69, 9.17) is 4.74 Å². The second kappa shape index (κ2) is 4.77. The molecule has 3 nitrogen and oxygen atoms in total. The second-order valence-corrected chi connectivity index (χ2v) is 5.66. The molecule has 0 atom stereocenters. The van der Waals surface area contributed by atoms with Gasteiger partial charge in [-0.25, -0.2) is 0 Å². The van der Waals surface area contributed by atoms with Gasteiger partial charge in [0, 0.05) is 10.8 Å². The minimum atomic E-state index is -0.451. The van der Waals surface area contributed by atoms with E-state index in [1.807, 2.05) is 48.5 Å². The lowest BCUT2D eigenvalue weighted by Gasteiger charge is -2.22. The summed E-state index contributed by atoms with van der Waals surface area (Å²) in [6.07, 6.45) is 0. The minimum absolute atomic E-state index is 0.138. The monoisotopic (exact) mass is 213 g/mol. The summed E-state index contributed by atoms with van der Waals surface area (Å²) in [4.78, 5) is 15.8. The summed E-state index contributed by atoms with van der Waals surface area (Å²) in [7, 11) is 0. The summed E-state index contributed by atoms with van der Waals surface area (Å²) in [6.45, 7) is 13.9. The Balaban J connectivity index is 4.94. The first kappa shape index (κ1) is 14.1. The Morgan fingerprint density at radius 1 is 1.07 bits per heavy atom. The maximum absolute atomic E-state index is 11.7. The highest BCUT2D eigenvalue weighted by Gasteiger charge is 2.26. The van der Waals surface area contributed by atoms with Crippen LogP contribution >= 0.6 is 0 Å². The van der Waals surface area contributed by atoms with Crippen LogP contribution in [0.5, 0.6) is 0 Å². The number of aliphatic imine (C=N–C) groups is 1. The Hall–Kier alpha value is -0.860. The summed E-state index contributed by atoms with van der Waals surface area (Å²) in [5, 5.41) is 0. The van der Waals surface area contributed by atoms with Crippen LogP contribution in [-0.4, -0.2) is 18.4 Å². The summed E-state index contributed by atoms with van der Waals surface area (Å²) in [6, 6.07) is 0. The number of ether oxygens (including phenoxy) is 1. The minimum Gasteiger partial charge on any atom is -0.481 e. The Bertz CT molecular complexity index is 254. The van der Waals surface area contributed by atoms with Crippen LogP contribution in [0.15, 0.2) is 4.99 Å². The lowest BCUT2D eigenvalue weighted by molar-refractivity contribution is -0.125. The quantitative estimate of drug-likeness (QED) is 0.496. The summed E-state index contributed by atoms with van der Waals surface area (Å²) in [5.74, 6) is 0.380. The van der Waals surface area contributed by atoms with E-state index in [9.17, 15) is 4.79 Å². The van der Waals surface area contributed by atoms with Gasteiger partial charge < -0.3 is 4.74 Å². The second-order valence-electron chi connectivity index (χ2n) is 5.66. The molecule has 0 aliphatic rings. The first-order valence-electron chi connectivity index (χ1n) is 5.35. The molecule has 0 aromatic heterocycles. The normalized spacial score (nSPS) is 13.9. The van der Waals surface area contributed by atoms with Crippen LogP contribution in [0.25, 0.3) is 0 Å². The Morgan fingerprint density at radius 3 is 1.80 bits per heavy atom. The standard InChI is InChI=1S/C12H23NO2/c1-8-15-10(12(5,6)7)13-9(14)11(2,3)4/h8H2,1-7H3. The molecule has 0 heterocycles. The Kier molecular flexibility index (Phi) is 4.50. The topological polar surface area (TPSA) is 38.7 Å². The lowest BCUT2D eigenvalue weighted by atomic mass is 9.94. The number of hydrogen-bond acceptors (Lipinski definition) is 2. The fourth-order valence-corrected chi connectivity index (χ4v) is 0.813. The lowest BCUT2D eigenvalue weighted by Crippen LogP contribution is -2.28. The molecular weight excluding hydrogens is 190 g/mol. The fourth-order valence-electron chi connectivity index (χ4n) is 0.813. The van der Waals surface area contributed by atoms with Gasteiger partial charge in [0.15, 0.2) is 5.90 Å². The fraction of sp³-hybridized carbons (Fsp3) is 0.833. The number of nitrogens with zero attached hydrogens (tertiary/aromatic N) is 1. The molecule has 0 bridgehead atoms. The molecule has 0 rings (SSSR count). The largest absolute Gasteiger partial charge is 0.481 e. The molecule has 0 aromatic rings. The van der Waals surface area contributed by atoms with Crippen molar-refractivity contribution >= 4 is 11.8 Å². The van der Waals surface area contributed by atoms with Gasteiger partial charge in [0.2, 0.25) is 0 Å². The van der Waals surface area contributed by atoms with E-state index >= 15 is 0 Å². The molecule has 0 radical (unpaired) electrons. The smallest absolute Gasteiger partial charge is 0.254 e. The summed E-state index contributed by atoms with van der Waals surface area (Å²) in [5.41, 5.74) is -0.676. The van der Waals surface area contributed by atoms with E-state index < -0.39 is 5.41 Å². The zero-order chi connectivity index (χ0) is 12.3. The molecule has 0 unspecified atom stereocenters. The highest BCUT2D eigenvalue weighted by Crippen LogP contribution is 2.21. The van der Waals surface area contributed by atoms with Crippen molar-refractivity contribution in [3.05, 3.63) is 0 Å². The summed E-state index contributed by atoms with van der Waals surface area (Å²) >= 11 is 0. The van der Waals surface area contributed by atoms with Crippen molar-refractivity contribution in [3.8, 4) is 0 Å². The van der Waals surface area contributed by atoms with Crippen LogP contribution < -0.4 is 0 Å². The van der Waals surface area contributed by atoms with Crippen molar-refractivity contribution in [2.45, 2.75) is 48.5 Å². The van der Waals surface area contributed by atoms with Crippen LogP contribution in [0.3, 0.4) is 0 Å². The van der Waals surface area contributed by atoms with E-state index in [2.05, 4.69) is 4.99 Å². The molecular formula is C12H23NO2. The van der Waals surface area contributed by atoms with E-state index in [1.54, 1.807) is 0 Å². The number of carbonyl (C=O) groups excluding carboxylic acids is 1. The average molecular weight is 213 g/mol. The number of hydrogen-bond donors (Lipinski definition) is 0. The van der Waals surface area contributed by atoms with Crippen LogP contribution in [0.4, 0.5) is 0 Å². The third kappa shape index (κ3) is 4.96. The van der Waals surface area contributed by atoms with Crippen molar-refractivity contribution in [2.24, 2.45) is 15.8 Å². The third-order valence-corrected chi connectivity index (χ3v) is 1.77. The van der Waals surface area contributed by atoms with Gasteiger partial charge in [-0.1, -0.05) is 41.5 Å². The van der Waals surface area contributed by atoms with Crippen LogP contribution in [-0.2, 0) is 9.53 Å². The van der Waals surface area contributed by atoms with Gasteiger partial charge in [0.05, 0.1) is 6.61 Å². The highest BCUT2D eigenvalue weighted by molar-refractivity contribution is 5.96. The molecule has 0 aliphatic heterocycles. The predicted molar refractivity (Wildman–Crippen MR) is 63.0 cm³/mol. The molecule has 0 aromatic carbocycles. The van der Waals surface area contributed by atoms with E-state index in [0.717, 1.165) is 0 Å². The van der Waals surface area contributed by atoms with Gasteiger partial charge in [0.1, 0.15) is 0 Å². The summed E-state index contributed by atoms with van der Waals surface area (Å²) < 4.78 is 5.40. The average Bonchev–Trinajstić information content (AvgIpc) is 1.99. The molecule has 3 heteroatoms. The van der Waals surface area contributed by atoms with Crippen LogP contribution in [0.1, 0.15) is 48.5 Å². The van der Waals surface area contributed by atoms with Crippen molar-refractivity contribution in [3.63, 3.8) is 0 Å². The molecule has 0 fully saturated rings. The number of rotatable bonds is 1. The number of carbonyl (C=O) groups is 1. The molecule has 0 aliphatic carbocycles. The molecule has 1 amide bonds. The van der Waals surface area contributed by atoms with Crippen molar-refractivity contribution in [1.29, 1.82) is 0 Å². The van der Waals surface area contributed by atoms with Crippen molar-refractivity contribution in [2.75, 3.05) is 6.61 Å². The van der Waals surface area contributed by atoms with Crippen LogP contribution in [0, 0.1) is 10.8 Å². The van der Waals surface area contributed by atoms with E-state index in [1.165, 1.54) is 0 Å². The van der Waals surface area contributed by atoms with E-state index in [-0.39, 0.29) is 11.3 Å². The molecule has 15 heavy (non-hydrogen) atoms. The number of amides is 1. The maximum atomic E-state index is 11.7. The molecule has 88 valence electrons. The molecule has 0 N–H and O–H groups in total. The zero-order valence-corrected chi connectivity index (χ0v) is 11.0. The first-order valence-corrected chi connectivity index (χ1v) is 5.35. The Labute approximate surface area is 92.9 Å². The van der Waals surface area contributed by atoms with Gasteiger partial charge in [-0.15, -0.1) is 0 Å². The third-order valence-electron chi connectivity index (χ3n) is 1.77. The highest BCUT2D eigenvalue weighted by atomic mass is 16.5. The van der Waals surface area contributed by atoms with Gasteiger partial charge in [-0.2, -0.15) is 4.99 Å². The van der Waals surface area contributed by atoms with Gasteiger partial charge >= 0.3 is 0 Å². The Morgan fingerprint density at radius 2 is 1.53 bits per heavy atom. The van der Waals surface area contributed by atoms with Crippen LogP contribution in [0.2, 0.25) is 0 Å². The van der Waals surface area contributed by atoms with E-state index in [0.29, 0.717) is 12.5 Å². The molecule has 0 saturated heterocycles.